The quantitative estimate of drug-likeness (QED) is 0.721. The molecule has 3 fully saturated rings. The molecule has 0 aromatic carbocycles. The summed E-state index contributed by atoms with van der Waals surface area (Å²) in [7, 11) is 0. The van der Waals surface area contributed by atoms with Gasteiger partial charge in [-0.15, -0.1) is 0 Å². The van der Waals surface area contributed by atoms with Crippen LogP contribution in [-0.2, 0) is 4.79 Å². The summed E-state index contributed by atoms with van der Waals surface area (Å²) in [6.07, 6.45) is 16.9. The van der Waals surface area contributed by atoms with Gasteiger partial charge in [0.25, 0.3) is 0 Å². The topological polar surface area (TPSA) is 64.9 Å². The summed E-state index contributed by atoms with van der Waals surface area (Å²) < 4.78 is 0. The van der Waals surface area contributed by atoms with Crippen LogP contribution < -0.4 is 18.1 Å². The molecule has 144 valence electrons. The van der Waals surface area contributed by atoms with Crippen molar-refractivity contribution in [3.63, 3.8) is 0 Å². The molecule has 3 nitrogen and oxygen atoms in total. The second-order valence-electron chi connectivity index (χ2n) is 9.11. The third-order valence-corrected chi connectivity index (χ3v) is 5.88. The zero-order valence-electron chi connectivity index (χ0n) is 16.2. The smallest absolute Gasteiger partial charge is 0.120 e. The molecule has 0 radical (unpaired) electrons. The number of aliphatic hydroxyl groups is 1. The van der Waals surface area contributed by atoms with Crippen molar-refractivity contribution in [2.75, 3.05) is 0 Å². The second kappa shape index (κ2) is 10.8. The van der Waals surface area contributed by atoms with Crippen LogP contribution in [0.4, 0.5) is 0 Å². The minimum atomic E-state index is -0.306. The van der Waals surface area contributed by atoms with E-state index in [1.165, 1.54) is 64.2 Å². The first-order valence-electron chi connectivity index (χ1n) is 9.70. The van der Waals surface area contributed by atoms with Gasteiger partial charge < -0.3 is 28.0 Å². The fraction of sp³-hybridized carbons (Fsp3) is 0.950. The maximum atomic E-state index is 10.2. The first-order valence-corrected chi connectivity index (χ1v) is 9.70. The van der Waals surface area contributed by atoms with E-state index in [2.05, 4.69) is 19.6 Å². The molecular formula is C20H40ClNO2. The first-order chi connectivity index (χ1) is 10.7. The Morgan fingerprint density at radius 3 is 1.46 bits per heavy atom. The number of hydrogen-bond acceptors (Lipinski definition) is 2. The third kappa shape index (κ3) is 10.0. The maximum Gasteiger partial charge on any atom is 0.120 e. The van der Waals surface area contributed by atoms with E-state index in [-0.39, 0.29) is 18.0 Å². The number of aldehydes is 1. The van der Waals surface area contributed by atoms with Crippen molar-refractivity contribution in [1.82, 2.24) is 0 Å². The van der Waals surface area contributed by atoms with Gasteiger partial charge in [0.1, 0.15) is 6.29 Å². The molecule has 0 heterocycles. The van der Waals surface area contributed by atoms with Crippen LogP contribution in [-0.4, -0.2) is 22.5 Å². The lowest BCUT2D eigenvalue weighted by Crippen LogP contribution is -3.00. The molecule has 0 atom stereocenters. The molecule has 3 aliphatic rings. The van der Waals surface area contributed by atoms with Crippen LogP contribution in [0.1, 0.15) is 104 Å². The number of carbonyl (C=O) groups is 1. The van der Waals surface area contributed by atoms with Crippen LogP contribution in [0.15, 0.2) is 0 Å². The van der Waals surface area contributed by atoms with E-state index in [0.29, 0.717) is 11.0 Å². The van der Waals surface area contributed by atoms with Crippen LogP contribution in [0.5, 0.6) is 0 Å². The Morgan fingerprint density at radius 1 is 0.833 bits per heavy atom. The van der Waals surface area contributed by atoms with E-state index >= 15 is 0 Å². The third-order valence-electron chi connectivity index (χ3n) is 5.88. The Kier molecular flexibility index (Phi) is 10.7. The summed E-state index contributed by atoms with van der Waals surface area (Å²) in [5.41, 5.74) is 4.59. The molecular weight excluding hydrogens is 322 g/mol. The SMILES string of the molecule is CC1(CC=O)CCCC1.CC1(O)CCCC1.CC1([NH3+])CCCC1.[Cl-]. The van der Waals surface area contributed by atoms with Crippen LogP contribution in [0.3, 0.4) is 0 Å². The molecule has 0 aliphatic heterocycles. The number of halogens is 1. The largest absolute Gasteiger partial charge is 1.00 e. The number of quaternary nitrogens is 1. The zero-order chi connectivity index (χ0) is 17.4. The van der Waals surface area contributed by atoms with E-state index < -0.39 is 0 Å². The summed E-state index contributed by atoms with van der Waals surface area (Å²) in [6, 6.07) is 0. The molecule has 0 aromatic rings. The Bertz CT molecular complexity index is 314. The Morgan fingerprint density at radius 2 is 1.21 bits per heavy atom. The van der Waals surface area contributed by atoms with E-state index in [1.54, 1.807) is 0 Å². The molecule has 0 spiro atoms. The zero-order valence-corrected chi connectivity index (χ0v) is 17.0. The molecule has 0 saturated heterocycles. The van der Waals surface area contributed by atoms with Gasteiger partial charge in [-0.05, 0) is 57.8 Å². The van der Waals surface area contributed by atoms with Crippen molar-refractivity contribution in [3.05, 3.63) is 0 Å². The predicted octanol–water partition coefficient (Wildman–Crippen LogP) is 1.03. The molecule has 3 aliphatic carbocycles. The summed E-state index contributed by atoms with van der Waals surface area (Å²) in [6.45, 7) is 6.38. The van der Waals surface area contributed by atoms with Gasteiger partial charge >= 0.3 is 0 Å². The highest BCUT2D eigenvalue weighted by molar-refractivity contribution is 5.50. The lowest BCUT2D eigenvalue weighted by molar-refractivity contribution is -0.469. The Labute approximate surface area is 155 Å². The summed E-state index contributed by atoms with van der Waals surface area (Å²) in [4.78, 5) is 10.2. The monoisotopic (exact) mass is 361 g/mol. The average molecular weight is 362 g/mol. The molecule has 0 amide bonds. The van der Waals surface area contributed by atoms with Gasteiger partial charge in [-0.25, -0.2) is 0 Å². The minimum Gasteiger partial charge on any atom is -1.00 e. The van der Waals surface area contributed by atoms with Crippen molar-refractivity contribution < 1.29 is 28.0 Å². The van der Waals surface area contributed by atoms with Crippen molar-refractivity contribution in [3.8, 4) is 0 Å². The maximum absolute atomic E-state index is 10.2. The fourth-order valence-electron chi connectivity index (χ4n) is 4.00. The Hall–Kier alpha value is -0.120. The van der Waals surface area contributed by atoms with Crippen molar-refractivity contribution >= 4 is 6.29 Å². The molecule has 3 saturated carbocycles. The van der Waals surface area contributed by atoms with Crippen LogP contribution in [0, 0.1) is 5.41 Å². The normalized spacial score (nSPS) is 25.5. The first kappa shape index (κ1) is 23.9. The lowest BCUT2D eigenvalue weighted by Gasteiger charge is -2.18. The van der Waals surface area contributed by atoms with Gasteiger partial charge in [0.05, 0.1) is 11.1 Å². The molecule has 0 aromatic heterocycles. The Balaban J connectivity index is 0.000000327. The van der Waals surface area contributed by atoms with E-state index in [9.17, 15) is 9.90 Å². The summed E-state index contributed by atoms with van der Waals surface area (Å²) in [5, 5.41) is 9.19. The van der Waals surface area contributed by atoms with Gasteiger partial charge in [0, 0.05) is 19.3 Å². The van der Waals surface area contributed by atoms with Gasteiger partial charge in [-0.3, -0.25) is 0 Å². The molecule has 0 unspecified atom stereocenters. The van der Waals surface area contributed by atoms with Crippen molar-refractivity contribution in [1.29, 1.82) is 0 Å². The van der Waals surface area contributed by atoms with Gasteiger partial charge in [0.15, 0.2) is 0 Å². The lowest BCUT2D eigenvalue weighted by atomic mass is 9.86. The highest BCUT2D eigenvalue weighted by atomic mass is 35.5. The number of hydrogen-bond donors (Lipinski definition) is 2. The molecule has 3 rings (SSSR count). The molecule has 4 N–H and O–H groups in total. The standard InChI is InChI=1S/C8H14O.C6H13N.C6H12O.ClH/c1-8(6-7-9)4-2-3-5-8;2*1-6(7)4-2-3-5-6;/h7H,2-6H2,1H3;2-5,7H2,1H3;7H,2-5H2,1H3;1H. The van der Waals surface area contributed by atoms with E-state index in [0.717, 1.165) is 25.5 Å². The number of rotatable bonds is 2. The highest BCUT2D eigenvalue weighted by Gasteiger charge is 2.28. The van der Waals surface area contributed by atoms with Gasteiger partial charge in [0.2, 0.25) is 0 Å². The predicted molar refractivity (Wildman–Crippen MR) is 96.1 cm³/mol. The van der Waals surface area contributed by atoms with Crippen molar-refractivity contribution in [2.45, 2.75) is 115 Å². The van der Waals surface area contributed by atoms with Gasteiger partial charge in [-0.2, -0.15) is 0 Å². The molecule has 24 heavy (non-hydrogen) atoms. The second-order valence-corrected chi connectivity index (χ2v) is 9.11. The van der Waals surface area contributed by atoms with Crippen LogP contribution in [0.2, 0.25) is 0 Å². The summed E-state index contributed by atoms with van der Waals surface area (Å²) >= 11 is 0. The molecule has 0 bridgehead atoms. The van der Waals surface area contributed by atoms with E-state index in [1.807, 2.05) is 6.92 Å². The fourth-order valence-corrected chi connectivity index (χ4v) is 4.00. The van der Waals surface area contributed by atoms with Gasteiger partial charge in [-0.1, -0.05) is 32.6 Å². The minimum absolute atomic E-state index is 0. The summed E-state index contributed by atoms with van der Waals surface area (Å²) in [5.74, 6) is 0. The van der Waals surface area contributed by atoms with E-state index in [4.69, 9.17) is 0 Å². The highest BCUT2D eigenvalue weighted by Crippen LogP contribution is 2.39. The average Bonchev–Trinajstić information content (AvgIpc) is 3.14. The number of carbonyl (C=O) groups excluding carboxylic acids is 1. The van der Waals surface area contributed by atoms with Crippen LogP contribution in [0.25, 0.3) is 0 Å². The van der Waals surface area contributed by atoms with Crippen molar-refractivity contribution in [2.24, 2.45) is 5.41 Å². The van der Waals surface area contributed by atoms with Crippen LogP contribution >= 0.6 is 0 Å². The molecule has 4 heteroatoms.